The van der Waals surface area contributed by atoms with E-state index >= 15 is 0 Å². The third-order valence-corrected chi connectivity index (χ3v) is 8.18. The number of rotatable bonds is 13. The van der Waals surface area contributed by atoms with Gasteiger partial charge in [-0.3, -0.25) is 19.2 Å². The second-order valence-electron chi connectivity index (χ2n) is 11.4. The van der Waals surface area contributed by atoms with Gasteiger partial charge in [0.05, 0.1) is 30.0 Å². The van der Waals surface area contributed by atoms with Crippen LogP contribution < -0.4 is 5.32 Å². The summed E-state index contributed by atoms with van der Waals surface area (Å²) in [6.45, 7) is 2.09. The molecule has 5 rings (SSSR count). The zero-order chi connectivity index (χ0) is 29.3. The normalized spacial score (nSPS) is 16.3. The van der Waals surface area contributed by atoms with Crippen LogP contribution in [0.25, 0.3) is 16.9 Å². The molecule has 222 valence electrons. The first kappa shape index (κ1) is 29.7. The quantitative estimate of drug-likeness (QED) is 0.220. The van der Waals surface area contributed by atoms with Crippen LogP contribution in [0, 0.1) is 5.92 Å². The highest BCUT2D eigenvalue weighted by Gasteiger charge is 2.31. The number of hydrogen-bond donors (Lipinski definition) is 3. The SMILES string of the molecule is CCCc1nc(-c2cccnc2)cn2c(CC(=O)N[C@@H](CC3CCCCC3)[C@@H](O)[C@@H](O)CCc3ccccn3)nnc12. The predicted octanol–water partition coefficient (Wildman–Crippen LogP) is 3.89. The molecule has 0 spiro atoms. The van der Waals surface area contributed by atoms with Gasteiger partial charge in [-0.15, -0.1) is 10.2 Å². The summed E-state index contributed by atoms with van der Waals surface area (Å²) in [4.78, 5) is 26.8. The minimum Gasteiger partial charge on any atom is -0.390 e. The van der Waals surface area contributed by atoms with Crippen molar-refractivity contribution in [2.45, 2.75) is 95.8 Å². The molecule has 1 aliphatic carbocycles. The van der Waals surface area contributed by atoms with Crippen LogP contribution in [0.3, 0.4) is 0 Å². The Morgan fingerprint density at radius 1 is 1.07 bits per heavy atom. The molecule has 1 aliphatic rings. The Labute approximate surface area is 246 Å². The number of carbonyl (C=O) groups is 1. The largest absolute Gasteiger partial charge is 0.390 e. The molecule has 4 aromatic heterocycles. The van der Waals surface area contributed by atoms with E-state index in [4.69, 9.17) is 4.98 Å². The lowest BCUT2D eigenvalue weighted by molar-refractivity contribution is -0.123. The molecule has 3 N–H and O–H groups in total. The average Bonchev–Trinajstić information content (AvgIpc) is 3.43. The van der Waals surface area contributed by atoms with E-state index in [-0.39, 0.29) is 12.3 Å². The van der Waals surface area contributed by atoms with Gasteiger partial charge in [0, 0.05) is 36.0 Å². The summed E-state index contributed by atoms with van der Waals surface area (Å²) >= 11 is 0. The lowest BCUT2D eigenvalue weighted by atomic mass is 9.82. The van der Waals surface area contributed by atoms with Gasteiger partial charge in [0.2, 0.25) is 5.91 Å². The van der Waals surface area contributed by atoms with Gasteiger partial charge in [0.1, 0.15) is 11.9 Å². The summed E-state index contributed by atoms with van der Waals surface area (Å²) < 4.78 is 1.84. The summed E-state index contributed by atoms with van der Waals surface area (Å²) in [5, 5.41) is 34.0. The molecule has 42 heavy (non-hydrogen) atoms. The Kier molecular flexibility index (Phi) is 10.2. The summed E-state index contributed by atoms with van der Waals surface area (Å²) in [6, 6.07) is 8.91. The molecule has 0 aliphatic heterocycles. The highest BCUT2D eigenvalue weighted by atomic mass is 16.3. The molecule has 1 saturated carbocycles. The number of amides is 1. The van der Waals surface area contributed by atoms with Crippen LogP contribution in [-0.4, -0.2) is 63.9 Å². The lowest BCUT2D eigenvalue weighted by Gasteiger charge is -2.32. The minimum absolute atomic E-state index is 0.0128. The smallest absolute Gasteiger partial charge is 0.227 e. The summed E-state index contributed by atoms with van der Waals surface area (Å²) in [7, 11) is 0. The Balaban J connectivity index is 1.33. The van der Waals surface area contributed by atoms with Crippen molar-refractivity contribution >= 4 is 11.6 Å². The summed E-state index contributed by atoms with van der Waals surface area (Å²) in [5.41, 5.74) is 3.92. The van der Waals surface area contributed by atoms with Gasteiger partial charge >= 0.3 is 0 Å². The number of pyridine rings is 2. The number of carbonyl (C=O) groups excluding carboxylic acids is 1. The first-order valence-corrected chi connectivity index (χ1v) is 15.2. The van der Waals surface area contributed by atoms with Gasteiger partial charge in [-0.25, -0.2) is 4.98 Å². The highest BCUT2D eigenvalue weighted by molar-refractivity contribution is 5.78. The lowest BCUT2D eigenvalue weighted by Crippen LogP contribution is -2.50. The molecule has 10 nitrogen and oxygen atoms in total. The fourth-order valence-electron chi connectivity index (χ4n) is 5.93. The number of aliphatic hydroxyl groups excluding tert-OH is 2. The number of fused-ring (bicyclic) bond motifs is 1. The molecule has 1 fully saturated rings. The Morgan fingerprint density at radius 2 is 1.93 bits per heavy atom. The van der Waals surface area contributed by atoms with Gasteiger partial charge in [0.15, 0.2) is 5.65 Å². The van der Waals surface area contributed by atoms with Gasteiger partial charge in [0.25, 0.3) is 0 Å². The topological polar surface area (TPSA) is 138 Å². The Bertz CT molecular complexity index is 1420. The van der Waals surface area contributed by atoms with Crippen molar-refractivity contribution in [2.75, 3.05) is 0 Å². The van der Waals surface area contributed by atoms with Crippen molar-refractivity contribution in [3.05, 3.63) is 72.3 Å². The van der Waals surface area contributed by atoms with Crippen molar-refractivity contribution in [1.82, 2.24) is 34.9 Å². The monoisotopic (exact) mass is 571 g/mol. The maximum absolute atomic E-state index is 13.5. The van der Waals surface area contributed by atoms with Gasteiger partial charge < -0.3 is 15.5 Å². The van der Waals surface area contributed by atoms with Gasteiger partial charge in [-0.05, 0) is 55.9 Å². The molecule has 0 radical (unpaired) electrons. The van der Waals surface area contributed by atoms with Crippen LogP contribution in [0.5, 0.6) is 0 Å². The fourth-order valence-corrected chi connectivity index (χ4v) is 5.93. The molecule has 0 aromatic carbocycles. The van der Waals surface area contributed by atoms with Crippen LogP contribution in [0.4, 0.5) is 0 Å². The number of nitrogens with one attached hydrogen (secondary N) is 1. The number of hydrogen-bond acceptors (Lipinski definition) is 8. The summed E-state index contributed by atoms with van der Waals surface area (Å²) in [5.74, 6) is 0.632. The van der Waals surface area contributed by atoms with Crippen molar-refractivity contribution < 1.29 is 15.0 Å². The molecular formula is C32H41N7O3. The van der Waals surface area contributed by atoms with Crippen LogP contribution in [0.1, 0.15) is 75.5 Å². The van der Waals surface area contributed by atoms with Crippen molar-refractivity contribution in [2.24, 2.45) is 5.92 Å². The first-order chi connectivity index (χ1) is 20.5. The molecule has 4 aromatic rings. The molecular weight excluding hydrogens is 530 g/mol. The van der Waals surface area contributed by atoms with E-state index in [1.807, 2.05) is 40.9 Å². The Hall–Kier alpha value is -3.76. The van der Waals surface area contributed by atoms with E-state index in [0.717, 1.165) is 61.2 Å². The van der Waals surface area contributed by atoms with E-state index in [2.05, 4.69) is 32.4 Å². The maximum Gasteiger partial charge on any atom is 0.227 e. The van der Waals surface area contributed by atoms with E-state index < -0.39 is 18.2 Å². The third-order valence-electron chi connectivity index (χ3n) is 8.18. The zero-order valence-electron chi connectivity index (χ0n) is 24.3. The van der Waals surface area contributed by atoms with Crippen LogP contribution >= 0.6 is 0 Å². The highest BCUT2D eigenvalue weighted by Crippen LogP contribution is 2.29. The number of aliphatic hydroxyl groups is 2. The van der Waals surface area contributed by atoms with Crippen LogP contribution in [0.15, 0.2) is 55.1 Å². The molecule has 0 saturated heterocycles. The standard InChI is InChI=1S/C32H41N7O3/c1-2-9-25-32-38-37-29(39(32)21-27(35-25)23-12-8-16-33-20-23)19-30(41)36-26(18-22-10-4-3-5-11-22)31(42)28(40)15-14-24-13-6-7-17-34-24/h6-8,12-13,16-17,20-22,26,28,31,40,42H,2-5,9-11,14-15,18-19H2,1H3,(H,36,41)/t26-,28-,31+/m0/s1. The predicted molar refractivity (Wildman–Crippen MR) is 159 cm³/mol. The van der Waals surface area contributed by atoms with Crippen LogP contribution in [0.2, 0.25) is 0 Å². The second-order valence-corrected chi connectivity index (χ2v) is 11.4. The fraction of sp³-hybridized carbons (Fsp3) is 0.500. The molecule has 3 atom stereocenters. The van der Waals surface area contributed by atoms with E-state index in [1.54, 1.807) is 18.6 Å². The summed E-state index contributed by atoms with van der Waals surface area (Å²) in [6.07, 6.45) is 13.8. The molecule has 0 bridgehead atoms. The van der Waals surface area contributed by atoms with E-state index in [1.165, 1.54) is 6.42 Å². The number of aryl methyl sites for hydroxylation is 2. The number of nitrogens with zero attached hydrogens (tertiary/aromatic N) is 6. The molecule has 10 heteroatoms. The third kappa shape index (κ3) is 7.54. The zero-order valence-corrected chi connectivity index (χ0v) is 24.3. The van der Waals surface area contributed by atoms with Crippen molar-refractivity contribution in [3.8, 4) is 11.3 Å². The average molecular weight is 572 g/mol. The number of aromatic nitrogens is 6. The van der Waals surface area contributed by atoms with Gasteiger partial charge in [-0.2, -0.15) is 0 Å². The minimum atomic E-state index is -1.09. The molecule has 4 heterocycles. The van der Waals surface area contributed by atoms with Crippen molar-refractivity contribution in [1.29, 1.82) is 0 Å². The van der Waals surface area contributed by atoms with Crippen molar-refractivity contribution in [3.63, 3.8) is 0 Å². The second kappa shape index (κ2) is 14.4. The molecule has 0 unspecified atom stereocenters. The first-order valence-electron chi connectivity index (χ1n) is 15.2. The van der Waals surface area contributed by atoms with E-state index in [0.29, 0.717) is 36.7 Å². The Morgan fingerprint density at radius 3 is 2.67 bits per heavy atom. The van der Waals surface area contributed by atoms with E-state index in [9.17, 15) is 15.0 Å². The molecule has 1 amide bonds. The maximum atomic E-state index is 13.5. The van der Waals surface area contributed by atoms with Crippen LogP contribution in [-0.2, 0) is 24.1 Å². The van der Waals surface area contributed by atoms with Gasteiger partial charge in [-0.1, -0.05) is 51.5 Å².